The molecular weight excluding hydrogens is 290 g/mol. The molecule has 0 aliphatic rings. The van der Waals surface area contributed by atoms with Crippen LogP contribution in [0.15, 0.2) is 18.2 Å². The SMILES string of the molecule is CC(CNC(=O)OC(C)(C)C)Nc1ccc(O)cc1[N+](=O)[O-]. The first-order chi connectivity index (χ1) is 10.1. The first kappa shape index (κ1) is 17.5. The molecule has 122 valence electrons. The van der Waals surface area contributed by atoms with Gasteiger partial charge in [0, 0.05) is 12.6 Å². The summed E-state index contributed by atoms with van der Waals surface area (Å²) in [5, 5.41) is 25.7. The smallest absolute Gasteiger partial charge is 0.407 e. The van der Waals surface area contributed by atoms with Crippen LogP contribution in [0.25, 0.3) is 0 Å². The molecule has 3 N–H and O–H groups in total. The van der Waals surface area contributed by atoms with Gasteiger partial charge >= 0.3 is 6.09 Å². The van der Waals surface area contributed by atoms with Crippen molar-refractivity contribution in [3.63, 3.8) is 0 Å². The van der Waals surface area contributed by atoms with E-state index in [4.69, 9.17) is 4.74 Å². The van der Waals surface area contributed by atoms with Gasteiger partial charge in [0.25, 0.3) is 5.69 Å². The van der Waals surface area contributed by atoms with Crippen molar-refractivity contribution in [2.75, 3.05) is 11.9 Å². The number of aromatic hydroxyl groups is 1. The standard InChI is InChI=1S/C14H21N3O5/c1-9(8-15-13(19)22-14(2,3)4)16-11-6-5-10(18)7-12(11)17(20)21/h5-7,9,16,18H,8H2,1-4H3,(H,15,19). The van der Waals surface area contributed by atoms with Crippen molar-refractivity contribution in [2.24, 2.45) is 0 Å². The molecule has 1 unspecified atom stereocenters. The molecule has 0 aliphatic carbocycles. The summed E-state index contributed by atoms with van der Waals surface area (Å²) in [5.41, 5.74) is -0.554. The van der Waals surface area contributed by atoms with Crippen LogP contribution in [0.2, 0.25) is 0 Å². The summed E-state index contributed by atoms with van der Waals surface area (Å²) < 4.78 is 5.10. The van der Waals surface area contributed by atoms with Gasteiger partial charge in [-0.3, -0.25) is 10.1 Å². The molecule has 1 rings (SSSR count). The van der Waals surface area contributed by atoms with Gasteiger partial charge in [-0.2, -0.15) is 0 Å². The van der Waals surface area contributed by atoms with E-state index >= 15 is 0 Å². The largest absolute Gasteiger partial charge is 0.508 e. The molecule has 0 spiro atoms. The van der Waals surface area contributed by atoms with Gasteiger partial charge in [0.1, 0.15) is 17.0 Å². The number of phenols is 1. The fourth-order valence-corrected chi connectivity index (χ4v) is 1.66. The second kappa shape index (κ2) is 6.97. The van der Waals surface area contributed by atoms with Crippen LogP contribution in [0.1, 0.15) is 27.7 Å². The molecule has 0 aliphatic heterocycles. The van der Waals surface area contributed by atoms with Gasteiger partial charge in [0.05, 0.1) is 11.0 Å². The highest BCUT2D eigenvalue weighted by Gasteiger charge is 2.18. The number of amides is 1. The van der Waals surface area contributed by atoms with Gasteiger partial charge in [-0.25, -0.2) is 4.79 Å². The van der Waals surface area contributed by atoms with E-state index in [1.54, 1.807) is 27.7 Å². The predicted octanol–water partition coefficient (Wildman–Crippen LogP) is 2.63. The van der Waals surface area contributed by atoms with E-state index in [0.717, 1.165) is 6.07 Å². The molecule has 0 saturated heterocycles. The summed E-state index contributed by atoms with van der Waals surface area (Å²) in [4.78, 5) is 21.9. The molecule has 1 amide bonds. The van der Waals surface area contributed by atoms with Gasteiger partial charge in [-0.1, -0.05) is 0 Å². The highest BCUT2D eigenvalue weighted by Crippen LogP contribution is 2.28. The van der Waals surface area contributed by atoms with Crippen molar-refractivity contribution in [3.8, 4) is 5.75 Å². The van der Waals surface area contributed by atoms with Crippen LogP contribution < -0.4 is 10.6 Å². The van der Waals surface area contributed by atoms with Crippen LogP contribution >= 0.6 is 0 Å². The van der Waals surface area contributed by atoms with Crippen molar-refractivity contribution in [2.45, 2.75) is 39.3 Å². The number of nitrogens with one attached hydrogen (secondary N) is 2. The molecule has 0 fully saturated rings. The summed E-state index contributed by atoms with van der Waals surface area (Å²) in [7, 11) is 0. The number of nitrogens with zero attached hydrogens (tertiary/aromatic N) is 1. The average molecular weight is 311 g/mol. The number of hydrogen-bond acceptors (Lipinski definition) is 6. The number of benzene rings is 1. The maximum Gasteiger partial charge on any atom is 0.407 e. The molecule has 0 bridgehead atoms. The summed E-state index contributed by atoms with van der Waals surface area (Å²) in [6, 6.07) is 3.56. The Balaban J connectivity index is 2.61. The zero-order valence-corrected chi connectivity index (χ0v) is 13.0. The minimum Gasteiger partial charge on any atom is -0.508 e. The van der Waals surface area contributed by atoms with E-state index in [2.05, 4.69) is 10.6 Å². The Morgan fingerprint density at radius 3 is 2.64 bits per heavy atom. The normalized spacial score (nSPS) is 12.4. The number of anilines is 1. The van der Waals surface area contributed by atoms with E-state index in [-0.39, 0.29) is 29.7 Å². The van der Waals surface area contributed by atoms with Crippen LogP contribution in [0.4, 0.5) is 16.2 Å². The zero-order valence-electron chi connectivity index (χ0n) is 13.0. The van der Waals surface area contributed by atoms with Gasteiger partial charge < -0.3 is 20.5 Å². The predicted molar refractivity (Wildman–Crippen MR) is 82.1 cm³/mol. The number of alkyl carbamates (subject to hydrolysis) is 1. The van der Waals surface area contributed by atoms with E-state index in [9.17, 15) is 20.0 Å². The molecule has 0 aromatic heterocycles. The Kier molecular flexibility index (Phi) is 5.56. The van der Waals surface area contributed by atoms with Gasteiger partial charge in [0.2, 0.25) is 0 Å². The monoisotopic (exact) mass is 311 g/mol. The second-order valence-corrected chi connectivity index (χ2v) is 5.89. The number of nitro groups is 1. The summed E-state index contributed by atoms with van der Waals surface area (Å²) in [5.74, 6) is -0.184. The average Bonchev–Trinajstić information content (AvgIpc) is 2.36. The Hall–Kier alpha value is -2.51. The Morgan fingerprint density at radius 1 is 1.45 bits per heavy atom. The first-order valence-corrected chi connectivity index (χ1v) is 6.79. The summed E-state index contributed by atoms with van der Waals surface area (Å²) in [6.07, 6.45) is -0.554. The molecule has 8 nitrogen and oxygen atoms in total. The third-order valence-electron chi connectivity index (χ3n) is 2.53. The van der Waals surface area contributed by atoms with Crippen molar-refractivity contribution < 1.29 is 19.6 Å². The minimum absolute atomic E-state index is 0.184. The number of rotatable bonds is 5. The Labute approximate surface area is 128 Å². The quantitative estimate of drug-likeness (QED) is 0.437. The molecule has 1 atom stereocenters. The van der Waals surface area contributed by atoms with Crippen LogP contribution in [-0.2, 0) is 4.74 Å². The van der Waals surface area contributed by atoms with Gasteiger partial charge in [-0.05, 0) is 39.8 Å². The van der Waals surface area contributed by atoms with Crippen LogP contribution in [0, 0.1) is 10.1 Å². The second-order valence-electron chi connectivity index (χ2n) is 5.89. The topological polar surface area (TPSA) is 114 Å². The number of phenolic OH excluding ortho intramolecular Hbond substituents is 1. The van der Waals surface area contributed by atoms with E-state index in [0.29, 0.717) is 0 Å². The molecule has 1 aromatic rings. The van der Waals surface area contributed by atoms with Gasteiger partial charge in [-0.15, -0.1) is 0 Å². The molecule has 1 aromatic carbocycles. The molecule has 0 heterocycles. The van der Waals surface area contributed by atoms with Crippen LogP contribution in [0.5, 0.6) is 5.75 Å². The van der Waals surface area contributed by atoms with E-state index < -0.39 is 16.6 Å². The van der Waals surface area contributed by atoms with Crippen molar-refractivity contribution in [1.29, 1.82) is 0 Å². The zero-order chi connectivity index (χ0) is 16.9. The number of hydrogen-bond donors (Lipinski definition) is 3. The van der Waals surface area contributed by atoms with Crippen molar-refractivity contribution >= 4 is 17.5 Å². The lowest BCUT2D eigenvalue weighted by Gasteiger charge is -2.21. The molecule has 22 heavy (non-hydrogen) atoms. The molecule has 8 heteroatoms. The Morgan fingerprint density at radius 2 is 2.09 bits per heavy atom. The van der Waals surface area contributed by atoms with Crippen LogP contribution in [-0.4, -0.2) is 34.3 Å². The maximum atomic E-state index is 11.5. The van der Waals surface area contributed by atoms with E-state index in [1.807, 2.05) is 0 Å². The fourth-order valence-electron chi connectivity index (χ4n) is 1.66. The van der Waals surface area contributed by atoms with Gasteiger partial charge in [0.15, 0.2) is 0 Å². The van der Waals surface area contributed by atoms with Crippen LogP contribution in [0.3, 0.4) is 0 Å². The fraction of sp³-hybridized carbons (Fsp3) is 0.500. The highest BCUT2D eigenvalue weighted by atomic mass is 16.6. The van der Waals surface area contributed by atoms with Crippen molar-refractivity contribution in [3.05, 3.63) is 28.3 Å². The number of carbonyl (C=O) groups is 1. The van der Waals surface area contributed by atoms with Crippen molar-refractivity contribution in [1.82, 2.24) is 5.32 Å². The number of nitro benzene ring substituents is 1. The summed E-state index contributed by atoms with van der Waals surface area (Å²) >= 11 is 0. The lowest BCUT2D eigenvalue weighted by Crippen LogP contribution is -2.38. The number of ether oxygens (including phenoxy) is 1. The minimum atomic E-state index is -0.587. The third kappa shape index (κ3) is 5.86. The molecular formula is C14H21N3O5. The maximum absolute atomic E-state index is 11.5. The molecule has 0 radical (unpaired) electrons. The molecule has 0 saturated carbocycles. The summed E-state index contributed by atoms with van der Waals surface area (Å²) in [6.45, 7) is 7.26. The number of carbonyl (C=O) groups excluding carboxylic acids is 1. The lowest BCUT2D eigenvalue weighted by atomic mass is 10.2. The highest BCUT2D eigenvalue weighted by molar-refractivity contribution is 5.68. The van der Waals surface area contributed by atoms with E-state index in [1.165, 1.54) is 12.1 Å². The Bertz CT molecular complexity index is 554. The third-order valence-corrected chi connectivity index (χ3v) is 2.53. The first-order valence-electron chi connectivity index (χ1n) is 6.79. The lowest BCUT2D eigenvalue weighted by molar-refractivity contribution is -0.384.